The first-order valence-corrected chi connectivity index (χ1v) is 7.65. The zero-order chi connectivity index (χ0) is 13.8. The summed E-state index contributed by atoms with van der Waals surface area (Å²) in [6, 6.07) is 8.33. The van der Waals surface area contributed by atoms with Gasteiger partial charge in [0.2, 0.25) is 0 Å². The van der Waals surface area contributed by atoms with Crippen LogP contribution in [0.5, 0.6) is 0 Å². The summed E-state index contributed by atoms with van der Waals surface area (Å²) in [6.45, 7) is 8.93. The molecule has 1 aromatic carbocycles. The van der Waals surface area contributed by atoms with Gasteiger partial charge in [0.1, 0.15) is 0 Å². The van der Waals surface area contributed by atoms with Crippen LogP contribution < -0.4 is 4.90 Å². The molecular formula is C17H27NO. The van der Waals surface area contributed by atoms with E-state index < -0.39 is 0 Å². The number of hydrogen-bond donors (Lipinski definition) is 1. The topological polar surface area (TPSA) is 23.5 Å². The van der Waals surface area contributed by atoms with Crippen LogP contribution in [0.4, 0.5) is 5.69 Å². The first-order valence-electron chi connectivity index (χ1n) is 7.65. The van der Waals surface area contributed by atoms with E-state index in [1.54, 1.807) is 0 Å². The van der Waals surface area contributed by atoms with Gasteiger partial charge in [0.05, 0.1) is 6.10 Å². The first kappa shape index (κ1) is 14.4. The van der Waals surface area contributed by atoms with Crippen molar-refractivity contribution >= 4 is 5.69 Å². The summed E-state index contributed by atoms with van der Waals surface area (Å²) in [7, 11) is 0. The molecule has 1 saturated heterocycles. The van der Waals surface area contributed by atoms with Gasteiger partial charge in [-0.2, -0.15) is 0 Å². The van der Waals surface area contributed by atoms with Gasteiger partial charge in [-0.1, -0.05) is 39.0 Å². The molecule has 0 saturated carbocycles. The molecule has 1 atom stereocenters. The van der Waals surface area contributed by atoms with Gasteiger partial charge in [-0.15, -0.1) is 0 Å². The van der Waals surface area contributed by atoms with Gasteiger partial charge >= 0.3 is 0 Å². The molecule has 2 heteroatoms. The van der Waals surface area contributed by atoms with Crippen LogP contribution in [0.25, 0.3) is 0 Å². The van der Waals surface area contributed by atoms with Crippen molar-refractivity contribution in [2.45, 2.75) is 46.1 Å². The average molecular weight is 261 g/mol. The monoisotopic (exact) mass is 261 g/mol. The standard InChI is InChI=1S/C17H27NO/c1-4-17(19)15-7-5-6-8-16(15)18-11-9-14(10-12-18)13(2)3/h5-8,13-14,17,19H,4,9-12H2,1-3H3. The van der Waals surface area contributed by atoms with Crippen molar-refractivity contribution in [3.63, 3.8) is 0 Å². The summed E-state index contributed by atoms with van der Waals surface area (Å²) in [5.74, 6) is 1.65. The third-order valence-electron chi connectivity index (χ3n) is 4.51. The Morgan fingerprint density at radius 1 is 1.21 bits per heavy atom. The lowest BCUT2D eigenvalue weighted by Crippen LogP contribution is -2.35. The molecule has 2 nitrogen and oxygen atoms in total. The zero-order valence-corrected chi connectivity index (χ0v) is 12.5. The number of benzene rings is 1. The van der Waals surface area contributed by atoms with Crippen LogP contribution in [0.15, 0.2) is 24.3 Å². The molecule has 1 aliphatic heterocycles. The summed E-state index contributed by atoms with van der Waals surface area (Å²) in [6.07, 6.45) is 2.99. The third kappa shape index (κ3) is 3.30. The summed E-state index contributed by atoms with van der Waals surface area (Å²) in [4.78, 5) is 2.45. The lowest BCUT2D eigenvalue weighted by atomic mass is 9.86. The van der Waals surface area contributed by atoms with Crippen molar-refractivity contribution in [3.05, 3.63) is 29.8 Å². The van der Waals surface area contributed by atoms with Gasteiger partial charge in [0.15, 0.2) is 0 Å². The molecule has 0 amide bonds. The van der Waals surface area contributed by atoms with E-state index >= 15 is 0 Å². The van der Waals surface area contributed by atoms with Crippen LogP contribution in [0.1, 0.15) is 51.7 Å². The largest absolute Gasteiger partial charge is 0.388 e. The van der Waals surface area contributed by atoms with E-state index in [1.807, 2.05) is 13.0 Å². The highest BCUT2D eigenvalue weighted by atomic mass is 16.3. The second kappa shape index (κ2) is 6.42. The molecule has 1 aromatic rings. The lowest BCUT2D eigenvalue weighted by Gasteiger charge is -2.36. The van der Waals surface area contributed by atoms with Crippen molar-refractivity contribution in [1.82, 2.24) is 0 Å². The second-order valence-electron chi connectivity index (χ2n) is 6.05. The average Bonchev–Trinajstić information content (AvgIpc) is 2.46. The predicted octanol–water partition coefficient (Wildman–Crippen LogP) is 4.00. The Bertz CT molecular complexity index is 394. The number of rotatable bonds is 4. The first-order chi connectivity index (χ1) is 9.13. The fourth-order valence-electron chi connectivity index (χ4n) is 3.08. The van der Waals surface area contributed by atoms with Gasteiger partial charge in [0.25, 0.3) is 0 Å². The van der Waals surface area contributed by atoms with Crippen LogP contribution in [-0.2, 0) is 0 Å². The molecule has 0 radical (unpaired) electrons. The Kier molecular flexibility index (Phi) is 4.87. The molecule has 2 rings (SSSR count). The van der Waals surface area contributed by atoms with Crippen molar-refractivity contribution in [1.29, 1.82) is 0 Å². The van der Waals surface area contributed by atoms with E-state index in [-0.39, 0.29) is 6.10 Å². The maximum atomic E-state index is 10.2. The molecule has 0 spiro atoms. The summed E-state index contributed by atoms with van der Waals surface area (Å²) >= 11 is 0. The Balaban J connectivity index is 2.11. The van der Waals surface area contributed by atoms with E-state index in [2.05, 4.69) is 36.9 Å². The molecular weight excluding hydrogens is 234 g/mol. The van der Waals surface area contributed by atoms with Gasteiger partial charge < -0.3 is 10.0 Å². The summed E-state index contributed by atoms with van der Waals surface area (Å²) in [5.41, 5.74) is 2.33. The highest BCUT2D eigenvalue weighted by molar-refractivity contribution is 5.54. The lowest BCUT2D eigenvalue weighted by molar-refractivity contribution is 0.173. The van der Waals surface area contributed by atoms with Crippen molar-refractivity contribution in [2.75, 3.05) is 18.0 Å². The minimum absolute atomic E-state index is 0.334. The van der Waals surface area contributed by atoms with Gasteiger partial charge in [0, 0.05) is 24.3 Å². The molecule has 106 valence electrons. The minimum Gasteiger partial charge on any atom is -0.388 e. The molecule has 1 heterocycles. The number of hydrogen-bond acceptors (Lipinski definition) is 2. The number of para-hydroxylation sites is 1. The van der Waals surface area contributed by atoms with Crippen molar-refractivity contribution < 1.29 is 5.11 Å². The van der Waals surface area contributed by atoms with E-state index in [4.69, 9.17) is 0 Å². The molecule has 1 fully saturated rings. The molecule has 0 aromatic heterocycles. The van der Waals surface area contributed by atoms with E-state index in [0.29, 0.717) is 0 Å². The zero-order valence-electron chi connectivity index (χ0n) is 12.5. The SMILES string of the molecule is CCC(O)c1ccccc1N1CCC(C(C)C)CC1. The Morgan fingerprint density at radius 3 is 2.42 bits per heavy atom. The quantitative estimate of drug-likeness (QED) is 0.885. The fraction of sp³-hybridized carbons (Fsp3) is 0.647. The van der Waals surface area contributed by atoms with Crippen molar-refractivity contribution in [3.8, 4) is 0 Å². The fourth-order valence-corrected chi connectivity index (χ4v) is 3.08. The maximum absolute atomic E-state index is 10.2. The molecule has 1 aliphatic rings. The minimum atomic E-state index is -0.334. The van der Waals surface area contributed by atoms with Gasteiger partial charge in [-0.25, -0.2) is 0 Å². The van der Waals surface area contributed by atoms with E-state index in [9.17, 15) is 5.11 Å². The highest BCUT2D eigenvalue weighted by Gasteiger charge is 2.23. The van der Waals surface area contributed by atoms with Crippen LogP contribution in [0.2, 0.25) is 0 Å². The van der Waals surface area contributed by atoms with Gasteiger partial charge in [-0.3, -0.25) is 0 Å². The Morgan fingerprint density at radius 2 is 1.84 bits per heavy atom. The maximum Gasteiger partial charge on any atom is 0.0807 e. The Labute approximate surface area is 117 Å². The number of nitrogens with zero attached hydrogens (tertiary/aromatic N) is 1. The van der Waals surface area contributed by atoms with Crippen LogP contribution in [0.3, 0.4) is 0 Å². The molecule has 1 unspecified atom stereocenters. The highest BCUT2D eigenvalue weighted by Crippen LogP contribution is 2.32. The number of aliphatic hydroxyl groups is 1. The van der Waals surface area contributed by atoms with Gasteiger partial charge in [-0.05, 0) is 37.2 Å². The smallest absolute Gasteiger partial charge is 0.0807 e. The molecule has 19 heavy (non-hydrogen) atoms. The summed E-state index contributed by atoms with van der Waals surface area (Å²) in [5, 5.41) is 10.2. The van der Waals surface area contributed by atoms with E-state index in [0.717, 1.165) is 36.9 Å². The van der Waals surface area contributed by atoms with E-state index in [1.165, 1.54) is 18.5 Å². The second-order valence-corrected chi connectivity index (χ2v) is 6.05. The molecule has 1 N–H and O–H groups in total. The number of aliphatic hydroxyl groups excluding tert-OH is 1. The number of anilines is 1. The van der Waals surface area contributed by atoms with Crippen LogP contribution in [0, 0.1) is 11.8 Å². The normalized spacial score (nSPS) is 18.9. The summed E-state index contributed by atoms with van der Waals surface area (Å²) < 4.78 is 0. The van der Waals surface area contributed by atoms with Crippen LogP contribution >= 0.6 is 0 Å². The predicted molar refractivity (Wildman–Crippen MR) is 81.5 cm³/mol. The van der Waals surface area contributed by atoms with Crippen molar-refractivity contribution in [2.24, 2.45) is 11.8 Å². The Hall–Kier alpha value is -1.02. The molecule has 0 bridgehead atoms. The number of piperidine rings is 1. The molecule has 0 aliphatic carbocycles. The van der Waals surface area contributed by atoms with Crippen LogP contribution in [-0.4, -0.2) is 18.2 Å². The third-order valence-corrected chi connectivity index (χ3v) is 4.51.